The molecule has 19 heavy (non-hydrogen) atoms. The van der Waals surface area contributed by atoms with Crippen LogP contribution in [0.5, 0.6) is 0 Å². The SMILES string of the molecule is CCCCCCN(C(=S)SC)c1ccc(Br)cc1F. The van der Waals surface area contributed by atoms with Gasteiger partial charge in [0.05, 0.1) is 5.69 Å². The fraction of sp³-hybridized carbons (Fsp3) is 0.500. The van der Waals surface area contributed by atoms with Crippen LogP contribution in [0.15, 0.2) is 22.7 Å². The smallest absolute Gasteiger partial charge is 0.147 e. The van der Waals surface area contributed by atoms with Gasteiger partial charge in [-0.25, -0.2) is 4.39 Å². The number of thiocarbonyl (C=S) groups is 1. The molecule has 1 aromatic rings. The van der Waals surface area contributed by atoms with E-state index in [9.17, 15) is 4.39 Å². The van der Waals surface area contributed by atoms with Gasteiger partial charge in [0.1, 0.15) is 10.1 Å². The number of hydrogen-bond acceptors (Lipinski definition) is 2. The molecular formula is C14H19BrFNS2. The summed E-state index contributed by atoms with van der Waals surface area (Å²) in [5.41, 5.74) is 0.569. The quantitative estimate of drug-likeness (QED) is 0.476. The van der Waals surface area contributed by atoms with Crippen molar-refractivity contribution in [3.05, 3.63) is 28.5 Å². The van der Waals surface area contributed by atoms with Crippen molar-refractivity contribution in [2.24, 2.45) is 0 Å². The molecule has 106 valence electrons. The Morgan fingerprint density at radius 1 is 1.37 bits per heavy atom. The fourth-order valence-electron chi connectivity index (χ4n) is 1.82. The minimum Gasteiger partial charge on any atom is -0.325 e. The number of nitrogens with zero attached hydrogens (tertiary/aromatic N) is 1. The molecule has 0 spiro atoms. The van der Waals surface area contributed by atoms with Crippen molar-refractivity contribution in [1.82, 2.24) is 0 Å². The molecule has 0 fully saturated rings. The first-order chi connectivity index (χ1) is 9.10. The van der Waals surface area contributed by atoms with Crippen molar-refractivity contribution in [1.29, 1.82) is 0 Å². The van der Waals surface area contributed by atoms with Crippen molar-refractivity contribution in [2.75, 3.05) is 17.7 Å². The van der Waals surface area contributed by atoms with Crippen LogP contribution in [-0.4, -0.2) is 17.1 Å². The Balaban J connectivity index is 2.81. The molecule has 1 rings (SSSR count). The van der Waals surface area contributed by atoms with Gasteiger partial charge in [0, 0.05) is 11.0 Å². The zero-order valence-electron chi connectivity index (χ0n) is 11.3. The van der Waals surface area contributed by atoms with Gasteiger partial charge >= 0.3 is 0 Å². The molecule has 0 heterocycles. The molecule has 0 unspecified atom stereocenters. The molecule has 0 aromatic heterocycles. The van der Waals surface area contributed by atoms with Gasteiger partial charge in [0.2, 0.25) is 0 Å². The highest BCUT2D eigenvalue weighted by Gasteiger charge is 2.15. The summed E-state index contributed by atoms with van der Waals surface area (Å²) in [7, 11) is 0. The molecule has 0 saturated heterocycles. The van der Waals surface area contributed by atoms with Gasteiger partial charge in [-0.3, -0.25) is 0 Å². The molecule has 0 saturated carbocycles. The van der Waals surface area contributed by atoms with E-state index in [1.807, 2.05) is 17.2 Å². The number of unbranched alkanes of at least 4 members (excludes halogenated alkanes) is 3. The Hall–Kier alpha value is -0.130. The van der Waals surface area contributed by atoms with Crippen LogP contribution in [0.1, 0.15) is 32.6 Å². The summed E-state index contributed by atoms with van der Waals surface area (Å²) in [6, 6.07) is 5.11. The molecule has 0 bridgehead atoms. The van der Waals surface area contributed by atoms with E-state index in [-0.39, 0.29) is 5.82 Å². The molecule has 5 heteroatoms. The van der Waals surface area contributed by atoms with Gasteiger partial charge in [-0.15, -0.1) is 11.8 Å². The van der Waals surface area contributed by atoms with Gasteiger partial charge in [0.25, 0.3) is 0 Å². The highest BCUT2D eigenvalue weighted by Crippen LogP contribution is 2.26. The Kier molecular flexibility index (Phi) is 7.95. The van der Waals surface area contributed by atoms with Gasteiger partial charge < -0.3 is 4.90 Å². The molecule has 0 aliphatic heterocycles. The normalized spacial score (nSPS) is 10.5. The van der Waals surface area contributed by atoms with Crippen LogP contribution in [0.2, 0.25) is 0 Å². The standard InChI is InChI=1S/C14H19BrFNS2/c1-3-4-5-6-9-17(14(18)19-2)13-8-7-11(15)10-12(13)16/h7-8,10H,3-6,9H2,1-2H3. The summed E-state index contributed by atoms with van der Waals surface area (Å²) in [5, 5.41) is 0. The lowest BCUT2D eigenvalue weighted by molar-refractivity contribution is 0.620. The second kappa shape index (κ2) is 8.93. The lowest BCUT2D eigenvalue weighted by atomic mass is 10.2. The minimum absolute atomic E-state index is 0.235. The van der Waals surface area contributed by atoms with Crippen molar-refractivity contribution in [3.63, 3.8) is 0 Å². The van der Waals surface area contributed by atoms with Gasteiger partial charge in [-0.05, 0) is 30.9 Å². The zero-order chi connectivity index (χ0) is 14.3. The number of thioether (sulfide) groups is 1. The Morgan fingerprint density at radius 2 is 2.11 bits per heavy atom. The van der Waals surface area contributed by atoms with Crippen molar-refractivity contribution >= 4 is 49.9 Å². The molecule has 0 radical (unpaired) electrons. The predicted octanol–water partition coefficient (Wildman–Crippen LogP) is 5.62. The Morgan fingerprint density at radius 3 is 2.68 bits per heavy atom. The van der Waals surface area contributed by atoms with E-state index in [2.05, 4.69) is 22.9 Å². The van der Waals surface area contributed by atoms with Crippen LogP contribution in [0, 0.1) is 5.82 Å². The van der Waals surface area contributed by atoms with E-state index in [4.69, 9.17) is 12.2 Å². The van der Waals surface area contributed by atoms with Crippen molar-refractivity contribution in [2.45, 2.75) is 32.6 Å². The van der Waals surface area contributed by atoms with E-state index in [1.54, 1.807) is 6.07 Å². The van der Waals surface area contributed by atoms with Crippen molar-refractivity contribution in [3.8, 4) is 0 Å². The maximum absolute atomic E-state index is 14.0. The predicted molar refractivity (Wildman–Crippen MR) is 91.7 cm³/mol. The molecule has 0 aliphatic carbocycles. The van der Waals surface area contributed by atoms with Crippen LogP contribution in [0.25, 0.3) is 0 Å². The third-order valence-corrected chi connectivity index (χ3v) is 4.61. The average molecular weight is 364 g/mol. The van der Waals surface area contributed by atoms with Crippen molar-refractivity contribution < 1.29 is 4.39 Å². The third-order valence-electron chi connectivity index (χ3n) is 2.83. The minimum atomic E-state index is -0.235. The molecule has 0 aliphatic rings. The molecule has 0 atom stereocenters. The molecule has 1 aromatic carbocycles. The number of halogens is 2. The van der Waals surface area contributed by atoms with E-state index in [0.717, 1.165) is 28.2 Å². The van der Waals surface area contributed by atoms with Crippen LogP contribution in [0.3, 0.4) is 0 Å². The molecular weight excluding hydrogens is 345 g/mol. The Labute approximate surface area is 133 Å². The second-order valence-electron chi connectivity index (χ2n) is 4.28. The summed E-state index contributed by atoms with van der Waals surface area (Å²) in [4.78, 5) is 1.90. The maximum Gasteiger partial charge on any atom is 0.147 e. The summed E-state index contributed by atoms with van der Waals surface area (Å²) in [6.07, 6.45) is 6.52. The summed E-state index contributed by atoms with van der Waals surface area (Å²) >= 11 is 10.1. The topological polar surface area (TPSA) is 3.24 Å². The van der Waals surface area contributed by atoms with Crippen LogP contribution in [0.4, 0.5) is 10.1 Å². The monoisotopic (exact) mass is 363 g/mol. The molecule has 0 amide bonds. The zero-order valence-corrected chi connectivity index (χ0v) is 14.5. The fourth-order valence-corrected chi connectivity index (χ4v) is 2.75. The summed E-state index contributed by atoms with van der Waals surface area (Å²) in [5.74, 6) is -0.235. The van der Waals surface area contributed by atoms with Gasteiger partial charge in [0.15, 0.2) is 0 Å². The first-order valence-electron chi connectivity index (χ1n) is 6.40. The Bertz CT molecular complexity index is 426. The van der Waals surface area contributed by atoms with E-state index >= 15 is 0 Å². The third kappa shape index (κ3) is 5.40. The van der Waals surface area contributed by atoms with Crippen LogP contribution in [-0.2, 0) is 0 Å². The average Bonchev–Trinajstić information content (AvgIpc) is 2.39. The van der Waals surface area contributed by atoms with Crippen LogP contribution >= 0.6 is 39.9 Å². The van der Waals surface area contributed by atoms with Gasteiger partial charge in [-0.2, -0.15) is 0 Å². The first-order valence-corrected chi connectivity index (χ1v) is 8.83. The number of benzene rings is 1. The van der Waals surface area contributed by atoms with Crippen LogP contribution < -0.4 is 4.90 Å². The highest BCUT2D eigenvalue weighted by atomic mass is 79.9. The first kappa shape index (κ1) is 16.9. The maximum atomic E-state index is 14.0. The lowest BCUT2D eigenvalue weighted by Crippen LogP contribution is -2.29. The molecule has 1 nitrogen and oxygen atoms in total. The highest BCUT2D eigenvalue weighted by molar-refractivity contribution is 9.10. The second-order valence-corrected chi connectivity index (χ2v) is 6.63. The lowest BCUT2D eigenvalue weighted by Gasteiger charge is -2.24. The van der Waals surface area contributed by atoms with E-state index < -0.39 is 0 Å². The van der Waals surface area contributed by atoms with E-state index in [0.29, 0.717) is 5.69 Å². The summed E-state index contributed by atoms with van der Waals surface area (Å²) in [6.45, 7) is 2.96. The number of rotatable bonds is 6. The van der Waals surface area contributed by atoms with E-state index in [1.165, 1.54) is 30.7 Å². The number of anilines is 1. The molecule has 0 N–H and O–H groups in total. The summed E-state index contributed by atoms with van der Waals surface area (Å²) < 4.78 is 15.5. The van der Waals surface area contributed by atoms with Gasteiger partial charge in [-0.1, -0.05) is 54.3 Å². The number of hydrogen-bond donors (Lipinski definition) is 0. The largest absolute Gasteiger partial charge is 0.325 e.